The predicted octanol–water partition coefficient (Wildman–Crippen LogP) is 3.42. The number of carbonyl (C=O) groups excluding carboxylic acids is 1. The number of nitrogens with zero attached hydrogens (tertiary/aromatic N) is 3. The molecule has 0 spiro atoms. The molecule has 0 radical (unpaired) electrons. The Morgan fingerprint density at radius 2 is 1.94 bits per heavy atom. The van der Waals surface area contributed by atoms with Gasteiger partial charge in [0.1, 0.15) is 17.3 Å². The van der Waals surface area contributed by atoms with Crippen LogP contribution >= 0.6 is 0 Å². The van der Waals surface area contributed by atoms with Crippen molar-refractivity contribution < 1.29 is 26.9 Å². The molecule has 3 rings (SSSR count). The van der Waals surface area contributed by atoms with Crippen molar-refractivity contribution >= 4 is 27.7 Å². The summed E-state index contributed by atoms with van der Waals surface area (Å²) >= 11 is 0. The first-order valence-corrected chi connectivity index (χ1v) is 10.6. The van der Waals surface area contributed by atoms with Gasteiger partial charge in [0, 0.05) is 18.4 Å². The van der Waals surface area contributed by atoms with Crippen molar-refractivity contribution in [1.29, 1.82) is 0 Å². The predicted molar refractivity (Wildman–Crippen MR) is 110 cm³/mol. The Balaban J connectivity index is 2.15. The maximum absolute atomic E-state index is 13.0. The molecule has 3 aromatic rings. The number of alkyl halides is 3. The third-order valence-corrected chi connectivity index (χ3v) is 6.08. The molecule has 1 unspecified atom stereocenters. The first-order valence-electron chi connectivity index (χ1n) is 9.26. The molecule has 1 atom stereocenters. The fraction of sp³-hybridized carbons (Fsp3) is 0.350. The number of amides is 1. The second-order valence-electron chi connectivity index (χ2n) is 7.32. The summed E-state index contributed by atoms with van der Waals surface area (Å²) in [6.45, 7) is 4.75. The van der Waals surface area contributed by atoms with Gasteiger partial charge in [-0.1, -0.05) is 6.92 Å². The summed E-state index contributed by atoms with van der Waals surface area (Å²) in [5, 5.41) is 0. The van der Waals surface area contributed by atoms with Gasteiger partial charge in [-0.15, -0.1) is 0 Å². The highest BCUT2D eigenvalue weighted by Gasteiger charge is 2.33. The van der Waals surface area contributed by atoms with Gasteiger partial charge < -0.3 is 15.0 Å². The monoisotopic (exact) mass is 454 g/mol. The molecule has 0 fully saturated rings. The lowest BCUT2D eigenvalue weighted by molar-refractivity contribution is -0.141. The second kappa shape index (κ2) is 7.95. The molecule has 0 saturated heterocycles. The molecule has 0 aliphatic rings. The van der Waals surface area contributed by atoms with Gasteiger partial charge in [-0.25, -0.2) is 9.97 Å². The van der Waals surface area contributed by atoms with Crippen molar-refractivity contribution in [1.82, 2.24) is 14.5 Å². The Labute approximate surface area is 178 Å². The van der Waals surface area contributed by atoms with Crippen molar-refractivity contribution in [2.45, 2.75) is 37.4 Å². The average Bonchev–Trinajstić information content (AvgIpc) is 3.02. The largest absolute Gasteiger partial charge is 0.478 e. The molecular formula is C20H21F3N4O3S. The van der Waals surface area contributed by atoms with Crippen LogP contribution in [0.25, 0.3) is 22.4 Å². The molecule has 1 amide bonds. The van der Waals surface area contributed by atoms with Gasteiger partial charge in [0.2, 0.25) is 0 Å². The van der Waals surface area contributed by atoms with E-state index in [1.807, 2.05) is 0 Å². The highest BCUT2D eigenvalue weighted by atomic mass is 32.2. The molecule has 166 valence electrons. The van der Waals surface area contributed by atoms with Gasteiger partial charge in [-0.05, 0) is 38.1 Å². The Hall–Kier alpha value is -2.95. The Kier molecular flexibility index (Phi) is 5.83. The Morgan fingerprint density at radius 3 is 2.52 bits per heavy atom. The number of fused-ring (bicyclic) bond motifs is 1. The molecule has 0 aliphatic carbocycles. The summed E-state index contributed by atoms with van der Waals surface area (Å²) in [5.74, 6) is 0.232. The van der Waals surface area contributed by atoms with Crippen LogP contribution in [0.3, 0.4) is 0 Å². The van der Waals surface area contributed by atoms with E-state index in [0.717, 1.165) is 12.3 Å². The third-order valence-electron chi connectivity index (χ3n) is 4.73. The normalized spacial score (nSPS) is 13.4. The molecule has 2 heterocycles. The molecule has 1 aromatic carbocycles. The number of hydrogen-bond acceptors (Lipinski definition) is 5. The number of carbonyl (C=O) groups is 1. The van der Waals surface area contributed by atoms with Crippen molar-refractivity contribution in [3.8, 4) is 17.1 Å². The number of pyridine rings is 1. The molecule has 0 saturated carbocycles. The van der Waals surface area contributed by atoms with Crippen LogP contribution in [0.1, 0.15) is 26.5 Å². The molecule has 11 heteroatoms. The number of nitrogens with two attached hydrogens (primary N) is 1. The zero-order valence-electron chi connectivity index (χ0n) is 17.3. The van der Waals surface area contributed by atoms with E-state index in [0.29, 0.717) is 27.6 Å². The molecule has 0 bridgehead atoms. The van der Waals surface area contributed by atoms with Gasteiger partial charge in [-0.3, -0.25) is 9.00 Å². The molecule has 2 N–H and O–H groups in total. The fourth-order valence-electron chi connectivity index (χ4n) is 2.92. The van der Waals surface area contributed by atoms with E-state index < -0.39 is 34.2 Å². The minimum Gasteiger partial charge on any atom is -0.478 e. The fourth-order valence-corrected chi connectivity index (χ4v) is 3.89. The quantitative estimate of drug-likeness (QED) is 0.615. The smallest absolute Gasteiger partial charge is 0.433 e. The zero-order chi connectivity index (χ0) is 23.1. The summed E-state index contributed by atoms with van der Waals surface area (Å²) in [6.07, 6.45) is -3.48. The minimum absolute atomic E-state index is 0.114. The SMILES string of the molecule is CCS(=O)c1cc(OC(C)(C)C(N)=O)ccc1-c1nc2cc(C(F)(F)F)ncc2n1C. The van der Waals surface area contributed by atoms with Crippen LogP contribution in [-0.4, -0.2) is 36.0 Å². The molecule has 2 aromatic heterocycles. The van der Waals surface area contributed by atoms with Gasteiger partial charge >= 0.3 is 6.18 Å². The molecule has 7 nitrogen and oxygen atoms in total. The van der Waals surface area contributed by atoms with Crippen LogP contribution in [0, 0.1) is 0 Å². The van der Waals surface area contributed by atoms with Crippen molar-refractivity contribution in [2.24, 2.45) is 12.8 Å². The van der Waals surface area contributed by atoms with Crippen LogP contribution in [-0.2, 0) is 28.8 Å². The maximum atomic E-state index is 13.0. The van der Waals surface area contributed by atoms with Gasteiger partial charge in [0.25, 0.3) is 5.91 Å². The van der Waals surface area contributed by atoms with E-state index in [1.165, 1.54) is 19.9 Å². The van der Waals surface area contributed by atoms with Crippen molar-refractivity contribution in [2.75, 3.05) is 5.75 Å². The summed E-state index contributed by atoms with van der Waals surface area (Å²) in [6, 6.07) is 5.57. The number of aromatic nitrogens is 3. The summed E-state index contributed by atoms with van der Waals surface area (Å²) < 4.78 is 59.0. The van der Waals surface area contributed by atoms with E-state index in [9.17, 15) is 22.2 Å². The van der Waals surface area contributed by atoms with E-state index >= 15 is 0 Å². The van der Waals surface area contributed by atoms with Gasteiger partial charge in [0.15, 0.2) is 5.60 Å². The van der Waals surface area contributed by atoms with Crippen molar-refractivity contribution in [3.63, 3.8) is 0 Å². The van der Waals surface area contributed by atoms with E-state index in [-0.39, 0.29) is 11.3 Å². The summed E-state index contributed by atoms with van der Waals surface area (Å²) in [5.41, 5.74) is 3.99. The number of rotatable bonds is 6. The summed E-state index contributed by atoms with van der Waals surface area (Å²) in [7, 11) is 0.192. The number of imidazole rings is 1. The Morgan fingerprint density at radius 1 is 1.26 bits per heavy atom. The van der Waals surface area contributed by atoms with Gasteiger partial charge in [-0.2, -0.15) is 13.2 Å². The highest BCUT2D eigenvalue weighted by molar-refractivity contribution is 7.85. The lowest BCUT2D eigenvalue weighted by atomic mass is 10.1. The number of hydrogen-bond donors (Lipinski definition) is 1. The van der Waals surface area contributed by atoms with Crippen molar-refractivity contribution in [3.05, 3.63) is 36.2 Å². The van der Waals surface area contributed by atoms with E-state index in [4.69, 9.17) is 10.5 Å². The lowest BCUT2D eigenvalue weighted by Crippen LogP contribution is -2.43. The first-order chi connectivity index (χ1) is 14.3. The Bertz CT molecular complexity index is 1190. The van der Waals surface area contributed by atoms with Crippen LogP contribution in [0.4, 0.5) is 13.2 Å². The van der Waals surface area contributed by atoms with Gasteiger partial charge in [0.05, 0.1) is 32.9 Å². The third kappa shape index (κ3) is 4.41. The minimum atomic E-state index is -4.59. The van der Waals surface area contributed by atoms with Crippen LogP contribution in [0.2, 0.25) is 0 Å². The summed E-state index contributed by atoms with van der Waals surface area (Å²) in [4.78, 5) is 19.8. The van der Waals surface area contributed by atoms with Crippen LogP contribution < -0.4 is 10.5 Å². The number of benzene rings is 1. The highest BCUT2D eigenvalue weighted by Crippen LogP contribution is 2.34. The standard InChI is InChI=1S/C20H21F3N4O3S/c1-5-31(29)15-8-11(30-19(2,3)18(24)28)6-7-12(15)17-26-13-9-16(20(21,22)23)25-10-14(13)27(17)4/h6-10H,5H2,1-4H3,(H2,24,28). The average molecular weight is 454 g/mol. The van der Waals surface area contributed by atoms with Crippen LogP contribution in [0.15, 0.2) is 35.4 Å². The topological polar surface area (TPSA) is 100 Å². The number of aryl methyl sites for hydroxylation is 1. The van der Waals surface area contributed by atoms with E-state index in [2.05, 4.69) is 9.97 Å². The molecule has 31 heavy (non-hydrogen) atoms. The number of primary amides is 1. The number of ether oxygens (including phenoxy) is 1. The second-order valence-corrected chi connectivity index (χ2v) is 9.03. The first kappa shape index (κ1) is 22.7. The number of halogens is 3. The van der Waals surface area contributed by atoms with E-state index in [1.54, 1.807) is 30.7 Å². The lowest BCUT2D eigenvalue weighted by Gasteiger charge is -2.23. The molecular weight excluding hydrogens is 433 g/mol. The maximum Gasteiger partial charge on any atom is 0.433 e. The zero-order valence-corrected chi connectivity index (χ0v) is 18.1. The van der Waals surface area contributed by atoms with Crippen LogP contribution in [0.5, 0.6) is 5.75 Å². The molecule has 0 aliphatic heterocycles.